The molecule has 1 N–H and O–H groups in total. The van der Waals surface area contributed by atoms with Gasteiger partial charge in [0.2, 0.25) is 0 Å². The summed E-state index contributed by atoms with van der Waals surface area (Å²) >= 11 is 3.62. The predicted octanol–water partition coefficient (Wildman–Crippen LogP) is 3.18. The average Bonchev–Trinajstić information content (AvgIpc) is 2.73. The number of rotatable bonds is 5. The van der Waals surface area contributed by atoms with Crippen LogP contribution >= 0.6 is 15.9 Å². The summed E-state index contributed by atoms with van der Waals surface area (Å²) in [6.45, 7) is 2.84. The molecule has 2 rings (SSSR count). The Morgan fingerprint density at radius 3 is 2.63 bits per heavy atom. The number of nitrogens with one attached hydrogen (secondary N) is 1. The van der Waals surface area contributed by atoms with Crippen molar-refractivity contribution >= 4 is 15.9 Å². The summed E-state index contributed by atoms with van der Waals surface area (Å²) in [6.07, 6.45) is 7.90. The van der Waals surface area contributed by atoms with Crippen molar-refractivity contribution < 1.29 is 4.74 Å². The van der Waals surface area contributed by atoms with Crippen molar-refractivity contribution in [2.45, 2.75) is 50.7 Å². The number of hydrogen-bond donors (Lipinski definition) is 1. The van der Waals surface area contributed by atoms with Crippen LogP contribution in [-0.2, 0) is 11.8 Å². The fourth-order valence-corrected chi connectivity index (χ4v) is 3.93. The molecule has 108 valence electrons. The SMILES string of the molecule is CCOC1(C(NC)c2c(Br)cnn2C)CCCCC1. The summed E-state index contributed by atoms with van der Waals surface area (Å²) in [5.41, 5.74) is 1.08. The van der Waals surface area contributed by atoms with Crippen LogP contribution in [0.4, 0.5) is 0 Å². The molecule has 4 nitrogen and oxygen atoms in total. The third-order valence-corrected chi connectivity index (χ3v) is 4.77. The standard InChI is InChI=1S/C14H24BrN3O/c1-4-19-14(8-6-5-7-9-14)13(16-2)12-11(15)10-17-18(12)3/h10,13,16H,4-9H2,1-3H3. The lowest BCUT2D eigenvalue weighted by Gasteiger charge is -2.43. The van der Waals surface area contributed by atoms with Crippen LogP contribution < -0.4 is 5.32 Å². The quantitative estimate of drug-likeness (QED) is 0.901. The van der Waals surface area contributed by atoms with E-state index >= 15 is 0 Å². The van der Waals surface area contributed by atoms with E-state index in [1.54, 1.807) is 0 Å². The Kier molecular flexibility index (Phi) is 5.03. The second-order valence-electron chi connectivity index (χ2n) is 5.28. The molecule has 1 aromatic heterocycles. The van der Waals surface area contributed by atoms with E-state index in [9.17, 15) is 0 Å². The highest BCUT2D eigenvalue weighted by Gasteiger charge is 2.42. The lowest BCUT2D eigenvalue weighted by atomic mass is 9.78. The number of nitrogens with zero attached hydrogens (tertiary/aromatic N) is 2. The largest absolute Gasteiger partial charge is 0.373 e. The van der Waals surface area contributed by atoms with E-state index in [2.05, 4.69) is 33.3 Å². The molecule has 0 aromatic carbocycles. The van der Waals surface area contributed by atoms with Crippen molar-refractivity contribution in [3.63, 3.8) is 0 Å². The molecule has 0 spiro atoms. The van der Waals surface area contributed by atoms with E-state index in [4.69, 9.17) is 4.74 Å². The predicted molar refractivity (Wildman–Crippen MR) is 80.2 cm³/mol. The van der Waals surface area contributed by atoms with Crippen molar-refractivity contribution in [3.05, 3.63) is 16.4 Å². The van der Waals surface area contributed by atoms with Gasteiger partial charge in [-0.1, -0.05) is 19.3 Å². The van der Waals surface area contributed by atoms with Gasteiger partial charge in [-0.05, 0) is 42.7 Å². The summed E-state index contributed by atoms with van der Waals surface area (Å²) in [6, 6.07) is 0.176. The fourth-order valence-electron chi connectivity index (χ4n) is 3.35. The topological polar surface area (TPSA) is 39.1 Å². The minimum atomic E-state index is -0.0991. The second-order valence-corrected chi connectivity index (χ2v) is 6.14. The molecule has 0 saturated heterocycles. The molecule has 0 aliphatic heterocycles. The van der Waals surface area contributed by atoms with Gasteiger partial charge in [0, 0.05) is 13.7 Å². The van der Waals surface area contributed by atoms with E-state index in [1.165, 1.54) is 25.0 Å². The van der Waals surface area contributed by atoms with Gasteiger partial charge < -0.3 is 10.1 Å². The van der Waals surface area contributed by atoms with Crippen molar-refractivity contribution in [1.29, 1.82) is 0 Å². The highest BCUT2D eigenvalue weighted by Crippen LogP contribution is 2.42. The first kappa shape index (κ1) is 15.0. The van der Waals surface area contributed by atoms with E-state index in [-0.39, 0.29) is 11.6 Å². The van der Waals surface area contributed by atoms with Gasteiger partial charge in [-0.15, -0.1) is 0 Å². The lowest BCUT2D eigenvalue weighted by molar-refractivity contribution is -0.0915. The fraction of sp³-hybridized carbons (Fsp3) is 0.786. The van der Waals surface area contributed by atoms with Crippen LogP contribution in [0.3, 0.4) is 0 Å². The molecular formula is C14H24BrN3O. The lowest BCUT2D eigenvalue weighted by Crippen LogP contribution is -2.47. The zero-order valence-corrected chi connectivity index (χ0v) is 13.7. The number of ether oxygens (including phenoxy) is 1. The van der Waals surface area contributed by atoms with Crippen LogP contribution in [0.2, 0.25) is 0 Å². The molecule has 5 heteroatoms. The van der Waals surface area contributed by atoms with Crippen molar-refractivity contribution in [3.8, 4) is 0 Å². The summed E-state index contributed by atoms with van der Waals surface area (Å²) in [5, 5.41) is 7.81. The van der Waals surface area contributed by atoms with Crippen molar-refractivity contribution in [2.75, 3.05) is 13.7 Å². The van der Waals surface area contributed by atoms with Gasteiger partial charge in [0.05, 0.1) is 28.0 Å². The Hall–Kier alpha value is -0.390. The second kappa shape index (κ2) is 6.37. The van der Waals surface area contributed by atoms with Gasteiger partial charge in [0.1, 0.15) is 0 Å². The summed E-state index contributed by atoms with van der Waals surface area (Å²) in [5.74, 6) is 0. The van der Waals surface area contributed by atoms with Crippen LogP contribution in [0.5, 0.6) is 0 Å². The first-order chi connectivity index (χ1) is 9.14. The minimum Gasteiger partial charge on any atom is -0.373 e. The Bertz CT molecular complexity index is 388. The average molecular weight is 330 g/mol. The smallest absolute Gasteiger partial charge is 0.0891 e. The number of halogens is 1. The Morgan fingerprint density at radius 2 is 2.16 bits per heavy atom. The third-order valence-electron chi connectivity index (χ3n) is 4.16. The first-order valence-electron chi connectivity index (χ1n) is 7.13. The highest BCUT2D eigenvalue weighted by molar-refractivity contribution is 9.10. The van der Waals surface area contributed by atoms with E-state index in [0.717, 1.165) is 23.9 Å². The number of aromatic nitrogens is 2. The number of hydrogen-bond acceptors (Lipinski definition) is 3. The van der Waals surface area contributed by atoms with Gasteiger partial charge in [-0.25, -0.2) is 0 Å². The monoisotopic (exact) mass is 329 g/mol. The molecule has 19 heavy (non-hydrogen) atoms. The molecule has 1 fully saturated rings. The molecule has 1 aromatic rings. The molecule has 1 aliphatic rings. The number of likely N-dealkylation sites (N-methyl/N-ethyl adjacent to an activating group) is 1. The zero-order valence-electron chi connectivity index (χ0n) is 12.1. The Balaban J connectivity index is 2.37. The first-order valence-corrected chi connectivity index (χ1v) is 7.92. The van der Waals surface area contributed by atoms with E-state index in [1.807, 2.05) is 25.0 Å². The van der Waals surface area contributed by atoms with E-state index < -0.39 is 0 Å². The molecule has 1 unspecified atom stereocenters. The van der Waals surface area contributed by atoms with Gasteiger partial charge in [0.15, 0.2) is 0 Å². The van der Waals surface area contributed by atoms with Crippen molar-refractivity contribution in [2.24, 2.45) is 7.05 Å². The van der Waals surface area contributed by atoms with Gasteiger partial charge in [-0.2, -0.15) is 5.10 Å². The number of aryl methyl sites for hydroxylation is 1. The van der Waals surface area contributed by atoms with Crippen LogP contribution in [0.1, 0.15) is 50.8 Å². The highest BCUT2D eigenvalue weighted by atomic mass is 79.9. The molecule has 1 aliphatic carbocycles. The Labute approximate surface area is 124 Å². The molecule has 0 bridgehead atoms. The van der Waals surface area contributed by atoms with Gasteiger partial charge in [-0.3, -0.25) is 4.68 Å². The maximum atomic E-state index is 6.23. The normalized spacial score (nSPS) is 20.4. The van der Waals surface area contributed by atoms with E-state index in [0.29, 0.717) is 0 Å². The maximum Gasteiger partial charge on any atom is 0.0891 e. The molecule has 0 amide bonds. The molecule has 1 atom stereocenters. The molecule has 0 radical (unpaired) electrons. The maximum absolute atomic E-state index is 6.23. The van der Waals surface area contributed by atoms with Gasteiger partial charge in [0.25, 0.3) is 0 Å². The van der Waals surface area contributed by atoms with Gasteiger partial charge >= 0.3 is 0 Å². The Morgan fingerprint density at radius 1 is 1.47 bits per heavy atom. The van der Waals surface area contributed by atoms with Crippen LogP contribution in [-0.4, -0.2) is 29.0 Å². The zero-order chi connectivity index (χ0) is 13.9. The van der Waals surface area contributed by atoms with Crippen LogP contribution in [0.25, 0.3) is 0 Å². The minimum absolute atomic E-state index is 0.0991. The van der Waals surface area contributed by atoms with Crippen LogP contribution in [0.15, 0.2) is 10.7 Å². The third kappa shape index (κ3) is 2.88. The summed E-state index contributed by atoms with van der Waals surface area (Å²) in [4.78, 5) is 0. The summed E-state index contributed by atoms with van der Waals surface area (Å²) in [7, 11) is 4.01. The van der Waals surface area contributed by atoms with Crippen LogP contribution in [0, 0.1) is 0 Å². The summed E-state index contributed by atoms with van der Waals surface area (Å²) < 4.78 is 9.23. The van der Waals surface area contributed by atoms with Crippen molar-refractivity contribution in [1.82, 2.24) is 15.1 Å². The molecule has 1 saturated carbocycles. The molecule has 1 heterocycles. The molecular weight excluding hydrogens is 306 g/mol.